The molecule has 0 radical (unpaired) electrons. The SMILES string of the molecule is CC/C=C\C/C=C\C/C=C\C/C=C\CCCCCCCCCCCCCCCCCCCCCCCCCCC(=O)NC(COP(=O)(O)OCC[N+](C)(C)C)C(O)/C=C/CC/C=C/CCCCCCCCCCCCCCCCCCCCCCCCC. The quantitative estimate of drug-likeness (QED) is 0.0243. The number of likely N-dealkylation sites (N-methyl/N-ethyl adjacent to an activating group) is 1. The number of nitrogens with one attached hydrogen (secondary N) is 1. The van der Waals surface area contributed by atoms with Gasteiger partial charge in [-0.25, -0.2) is 4.57 Å². The van der Waals surface area contributed by atoms with E-state index in [0.29, 0.717) is 17.4 Å². The molecular weight excluding hydrogens is 1100 g/mol. The Morgan fingerprint density at radius 3 is 1.05 bits per heavy atom. The number of unbranched alkanes of at least 4 members (excludes halogenated alkanes) is 48. The zero-order chi connectivity index (χ0) is 64.1. The average molecular weight is 1260 g/mol. The highest BCUT2D eigenvalue weighted by Crippen LogP contribution is 2.43. The van der Waals surface area contributed by atoms with E-state index in [1.54, 1.807) is 6.08 Å². The molecule has 0 aliphatic heterocycles. The van der Waals surface area contributed by atoms with Crippen LogP contribution in [0, 0.1) is 0 Å². The van der Waals surface area contributed by atoms with Crippen molar-refractivity contribution in [1.29, 1.82) is 0 Å². The summed E-state index contributed by atoms with van der Waals surface area (Å²) in [6.45, 7) is 4.74. The third-order valence-corrected chi connectivity index (χ3v) is 18.4. The standard InChI is InChI=1S/C79H149N2O6P/c1-6-8-10-12-14-16-18-20-22-24-26-28-30-32-34-36-37-38-39-40-41-42-43-45-47-49-51-53-55-57-59-61-63-65-67-69-71-73-79(83)80-77(76-87-88(84,85)86-75-74-81(3,4)5)78(82)72-70-68-66-64-62-60-58-56-54-52-50-48-46-44-35-33-31-29-27-25-23-21-19-17-15-13-11-9-7-2/h8,10,14,16,20,22,26,28,62,64,70,72,77-78,82H,6-7,9,11-13,15,17-19,21,23-25,27,29-61,63,65-69,71,73-76H2,1-5H3,(H-,80,83,84,85)/p+1/b10-8-,16-14-,22-20-,28-26-,64-62+,72-70+. The van der Waals surface area contributed by atoms with Gasteiger partial charge in [-0.1, -0.05) is 369 Å². The number of phosphoric acid groups is 1. The monoisotopic (exact) mass is 1250 g/mol. The Morgan fingerprint density at radius 2 is 0.693 bits per heavy atom. The molecule has 0 bridgehead atoms. The maximum absolute atomic E-state index is 13.1. The van der Waals surface area contributed by atoms with Crippen LogP contribution in [-0.4, -0.2) is 73.4 Å². The van der Waals surface area contributed by atoms with Gasteiger partial charge < -0.3 is 19.8 Å². The van der Waals surface area contributed by atoms with Crippen LogP contribution in [-0.2, 0) is 18.4 Å². The van der Waals surface area contributed by atoms with E-state index in [1.165, 1.54) is 289 Å². The number of aliphatic hydroxyl groups excluding tert-OH is 1. The van der Waals surface area contributed by atoms with Gasteiger partial charge in [-0.3, -0.25) is 13.8 Å². The molecule has 0 aliphatic carbocycles. The Labute approximate surface area is 548 Å². The number of carbonyl (C=O) groups is 1. The molecule has 88 heavy (non-hydrogen) atoms. The van der Waals surface area contributed by atoms with Gasteiger partial charge in [0.2, 0.25) is 5.91 Å². The van der Waals surface area contributed by atoms with Crippen LogP contribution in [0.4, 0.5) is 0 Å². The summed E-state index contributed by atoms with van der Waals surface area (Å²) in [7, 11) is 1.57. The molecule has 9 heteroatoms. The third kappa shape index (κ3) is 71.4. The lowest BCUT2D eigenvalue weighted by Crippen LogP contribution is -2.45. The molecule has 3 N–H and O–H groups in total. The van der Waals surface area contributed by atoms with E-state index in [1.807, 2.05) is 27.2 Å². The molecule has 3 atom stereocenters. The smallest absolute Gasteiger partial charge is 0.387 e. The fourth-order valence-electron chi connectivity index (χ4n) is 11.5. The van der Waals surface area contributed by atoms with E-state index < -0.39 is 20.0 Å². The number of aliphatic hydroxyl groups is 1. The molecule has 0 fully saturated rings. The van der Waals surface area contributed by atoms with Crippen LogP contribution in [0.15, 0.2) is 72.9 Å². The van der Waals surface area contributed by atoms with Gasteiger partial charge in [0.1, 0.15) is 13.2 Å². The van der Waals surface area contributed by atoms with E-state index in [4.69, 9.17) is 9.05 Å². The number of hydrogen-bond donors (Lipinski definition) is 3. The second kappa shape index (κ2) is 69.3. The largest absolute Gasteiger partial charge is 0.472 e. The van der Waals surface area contributed by atoms with Crippen molar-refractivity contribution in [2.24, 2.45) is 0 Å². The lowest BCUT2D eigenvalue weighted by molar-refractivity contribution is -0.870. The molecular formula is C79H150N2O6P+. The first-order valence-corrected chi connectivity index (χ1v) is 39.8. The summed E-state index contributed by atoms with van der Waals surface area (Å²) >= 11 is 0. The van der Waals surface area contributed by atoms with Gasteiger partial charge in [-0.2, -0.15) is 0 Å². The van der Waals surface area contributed by atoms with Crippen LogP contribution in [0.3, 0.4) is 0 Å². The van der Waals surface area contributed by atoms with Crippen LogP contribution < -0.4 is 5.32 Å². The Hall–Kier alpha value is -2.06. The Morgan fingerprint density at radius 1 is 0.398 bits per heavy atom. The number of allylic oxidation sites excluding steroid dienone is 11. The predicted octanol–water partition coefficient (Wildman–Crippen LogP) is 24.9. The normalized spacial score (nSPS) is 13.9. The summed E-state index contributed by atoms with van der Waals surface area (Å²) in [5.41, 5.74) is 0. The molecule has 0 saturated heterocycles. The van der Waals surface area contributed by atoms with Gasteiger partial charge in [-0.05, 0) is 70.6 Å². The lowest BCUT2D eigenvalue weighted by Gasteiger charge is -2.25. The summed E-state index contributed by atoms with van der Waals surface area (Å²) in [5.74, 6) is -0.180. The third-order valence-electron chi connectivity index (χ3n) is 17.4. The molecule has 0 saturated carbocycles. The van der Waals surface area contributed by atoms with Crippen molar-refractivity contribution in [3.8, 4) is 0 Å². The maximum Gasteiger partial charge on any atom is 0.472 e. The number of phosphoric ester groups is 1. The minimum atomic E-state index is -4.37. The number of quaternary nitrogens is 1. The average Bonchev–Trinajstić information content (AvgIpc) is 3.70. The molecule has 0 rings (SSSR count). The summed E-state index contributed by atoms with van der Waals surface area (Å²) in [6, 6.07) is -0.866. The van der Waals surface area contributed by atoms with Crippen molar-refractivity contribution in [2.45, 2.75) is 386 Å². The summed E-state index contributed by atoms with van der Waals surface area (Å²) in [5, 5.41) is 14.0. The lowest BCUT2D eigenvalue weighted by atomic mass is 10.0. The fourth-order valence-corrected chi connectivity index (χ4v) is 12.3. The molecule has 0 aromatic heterocycles. The molecule has 0 aromatic carbocycles. The first kappa shape index (κ1) is 85.9. The van der Waals surface area contributed by atoms with Crippen molar-refractivity contribution in [1.82, 2.24) is 5.32 Å². The van der Waals surface area contributed by atoms with Gasteiger partial charge in [0.25, 0.3) is 0 Å². The first-order valence-electron chi connectivity index (χ1n) is 38.3. The van der Waals surface area contributed by atoms with Crippen LogP contribution >= 0.6 is 7.82 Å². The molecule has 0 spiro atoms. The fraction of sp³-hybridized carbons (Fsp3) is 0.835. The minimum absolute atomic E-state index is 0.0567. The second-order valence-electron chi connectivity index (χ2n) is 27.3. The van der Waals surface area contributed by atoms with Crippen molar-refractivity contribution in [3.63, 3.8) is 0 Å². The summed E-state index contributed by atoms with van der Waals surface area (Å²) in [6.07, 6.45) is 98.1. The number of nitrogens with zero attached hydrogens (tertiary/aromatic N) is 1. The highest BCUT2D eigenvalue weighted by atomic mass is 31.2. The van der Waals surface area contributed by atoms with Gasteiger partial charge >= 0.3 is 7.82 Å². The Kier molecular flexibility index (Phi) is 67.7. The number of amides is 1. The van der Waals surface area contributed by atoms with Crippen molar-refractivity contribution in [2.75, 3.05) is 40.9 Å². The number of carbonyl (C=O) groups excluding carboxylic acids is 1. The molecule has 0 heterocycles. The molecule has 8 nitrogen and oxygen atoms in total. The zero-order valence-corrected chi connectivity index (χ0v) is 60.1. The topological polar surface area (TPSA) is 105 Å². The molecule has 0 aliphatic rings. The van der Waals surface area contributed by atoms with Crippen molar-refractivity contribution < 1.29 is 32.9 Å². The second-order valence-corrected chi connectivity index (χ2v) is 28.8. The van der Waals surface area contributed by atoms with E-state index in [0.717, 1.165) is 64.2 Å². The molecule has 3 unspecified atom stereocenters. The van der Waals surface area contributed by atoms with Crippen LogP contribution in [0.1, 0.15) is 373 Å². The minimum Gasteiger partial charge on any atom is -0.387 e. The molecule has 1 amide bonds. The van der Waals surface area contributed by atoms with Crippen LogP contribution in [0.25, 0.3) is 0 Å². The van der Waals surface area contributed by atoms with E-state index >= 15 is 0 Å². The molecule has 516 valence electrons. The Balaban J connectivity index is 4.00. The van der Waals surface area contributed by atoms with Gasteiger partial charge in [0.05, 0.1) is 39.9 Å². The van der Waals surface area contributed by atoms with Gasteiger partial charge in [0.15, 0.2) is 0 Å². The number of rotatable bonds is 71. The van der Waals surface area contributed by atoms with E-state index in [-0.39, 0.29) is 19.1 Å². The van der Waals surface area contributed by atoms with E-state index in [2.05, 4.69) is 79.9 Å². The Bertz CT molecular complexity index is 1670. The first-order chi connectivity index (χ1) is 43.0. The number of hydrogen-bond acceptors (Lipinski definition) is 5. The maximum atomic E-state index is 13.1. The van der Waals surface area contributed by atoms with Crippen LogP contribution in [0.5, 0.6) is 0 Å². The van der Waals surface area contributed by atoms with Gasteiger partial charge in [0, 0.05) is 6.42 Å². The van der Waals surface area contributed by atoms with Crippen molar-refractivity contribution >= 4 is 13.7 Å². The van der Waals surface area contributed by atoms with Crippen molar-refractivity contribution in [3.05, 3.63) is 72.9 Å². The summed E-state index contributed by atoms with van der Waals surface area (Å²) < 4.78 is 23.8. The summed E-state index contributed by atoms with van der Waals surface area (Å²) in [4.78, 5) is 23.5. The van der Waals surface area contributed by atoms with E-state index in [9.17, 15) is 19.4 Å². The highest BCUT2D eigenvalue weighted by molar-refractivity contribution is 7.47. The highest BCUT2D eigenvalue weighted by Gasteiger charge is 2.28. The predicted molar refractivity (Wildman–Crippen MR) is 387 cm³/mol. The van der Waals surface area contributed by atoms with Crippen LogP contribution in [0.2, 0.25) is 0 Å². The molecule has 0 aromatic rings. The zero-order valence-electron chi connectivity index (χ0n) is 59.2. The van der Waals surface area contributed by atoms with Gasteiger partial charge in [-0.15, -0.1) is 0 Å².